The highest BCUT2D eigenvalue weighted by Crippen LogP contribution is 1.99. The number of nitrogens with one attached hydrogen (secondary N) is 1. The van der Waals surface area contributed by atoms with Gasteiger partial charge in [-0.15, -0.1) is 0 Å². The minimum Gasteiger partial charge on any atom is -0.351 e. The molecule has 0 atom stereocenters. The van der Waals surface area contributed by atoms with Crippen molar-refractivity contribution >= 4 is 5.91 Å². The lowest BCUT2D eigenvalue weighted by Crippen LogP contribution is -2.27. The monoisotopic (exact) mass is 261 g/mol. The van der Waals surface area contributed by atoms with Gasteiger partial charge in [0.05, 0.1) is 6.20 Å². The fourth-order valence-electron chi connectivity index (χ4n) is 1.90. The summed E-state index contributed by atoms with van der Waals surface area (Å²) in [5, 5.41) is 11.2. The minimum atomic E-state index is -0.0732. The standard InChI is InChI=1S/C13H19N5O/c1-3-18-12(5-7-15-18)13(19)14-6-4-8-17-10-11(2)9-16-17/h5,7,9-10H,3-4,6,8H2,1-2H3,(H,14,19). The van der Waals surface area contributed by atoms with Crippen molar-refractivity contribution in [2.24, 2.45) is 0 Å². The third-order valence-corrected chi connectivity index (χ3v) is 2.86. The topological polar surface area (TPSA) is 64.7 Å². The Hall–Kier alpha value is -2.11. The first kappa shape index (κ1) is 13.3. The average Bonchev–Trinajstić information content (AvgIpc) is 3.02. The number of carbonyl (C=O) groups is 1. The largest absolute Gasteiger partial charge is 0.351 e. The second-order valence-corrected chi connectivity index (χ2v) is 4.42. The highest BCUT2D eigenvalue weighted by molar-refractivity contribution is 5.92. The van der Waals surface area contributed by atoms with Gasteiger partial charge in [-0.3, -0.25) is 14.2 Å². The van der Waals surface area contributed by atoms with Crippen LogP contribution >= 0.6 is 0 Å². The van der Waals surface area contributed by atoms with E-state index in [2.05, 4.69) is 15.5 Å². The molecule has 0 aliphatic carbocycles. The molecule has 0 bridgehead atoms. The first-order chi connectivity index (χ1) is 9.20. The highest BCUT2D eigenvalue weighted by Gasteiger charge is 2.09. The quantitative estimate of drug-likeness (QED) is 0.795. The van der Waals surface area contributed by atoms with Crippen LogP contribution in [0.1, 0.15) is 29.4 Å². The maximum Gasteiger partial charge on any atom is 0.269 e. The van der Waals surface area contributed by atoms with Crippen LogP contribution in [0.15, 0.2) is 24.7 Å². The molecule has 0 saturated heterocycles. The summed E-state index contributed by atoms with van der Waals surface area (Å²) in [4.78, 5) is 11.9. The number of carbonyl (C=O) groups excluding carboxylic acids is 1. The van der Waals surface area contributed by atoms with E-state index in [1.54, 1.807) is 16.9 Å². The van der Waals surface area contributed by atoms with E-state index in [9.17, 15) is 4.79 Å². The predicted molar refractivity (Wildman–Crippen MR) is 71.8 cm³/mol. The molecule has 0 unspecified atom stereocenters. The summed E-state index contributed by atoms with van der Waals surface area (Å²) in [6, 6.07) is 1.73. The Morgan fingerprint density at radius 3 is 2.95 bits per heavy atom. The molecule has 0 aliphatic heterocycles. The zero-order chi connectivity index (χ0) is 13.7. The lowest BCUT2D eigenvalue weighted by molar-refractivity contribution is 0.0942. The van der Waals surface area contributed by atoms with Crippen molar-refractivity contribution in [1.29, 1.82) is 0 Å². The van der Waals surface area contributed by atoms with Gasteiger partial charge in [0.25, 0.3) is 5.91 Å². The van der Waals surface area contributed by atoms with Crippen LogP contribution in [0.5, 0.6) is 0 Å². The normalized spacial score (nSPS) is 10.6. The van der Waals surface area contributed by atoms with Crippen LogP contribution in [-0.4, -0.2) is 32.0 Å². The fraction of sp³-hybridized carbons (Fsp3) is 0.462. The molecule has 1 amide bonds. The third-order valence-electron chi connectivity index (χ3n) is 2.86. The molecule has 0 aliphatic rings. The molecule has 2 aromatic heterocycles. The molecule has 2 heterocycles. The number of hydrogen-bond acceptors (Lipinski definition) is 3. The average molecular weight is 261 g/mol. The molecule has 0 radical (unpaired) electrons. The molecule has 2 rings (SSSR count). The number of aryl methyl sites for hydroxylation is 3. The molecule has 1 N–H and O–H groups in total. The predicted octanol–water partition coefficient (Wildman–Crippen LogP) is 1.23. The summed E-state index contributed by atoms with van der Waals surface area (Å²) in [6.45, 7) is 6.11. The van der Waals surface area contributed by atoms with E-state index in [1.165, 1.54) is 0 Å². The number of amides is 1. The van der Waals surface area contributed by atoms with Gasteiger partial charge < -0.3 is 5.32 Å². The van der Waals surface area contributed by atoms with Crippen molar-refractivity contribution in [3.05, 3.63) is 35.9 Å². The van der Waals surface area contributed by atoms with Crippen LogP contribution < -0.4 is 5.32 Å². The van der Waals surface area contributed by atoms with Gasteiger partial charge in [-0.2, -0.15) is 10.2 Å². The van der Waals surface area contributed by atoms with Crippen molar-refractivity contribution in [2.45, 2.75) is 33.4 Å². The maximum atomic E-state index is 11.9. The molecule has 6 nitrogen and oxygen atoms in total. The van der Waals surface area contributed by atoms with Crippen molar-refractivity contribution in [2.75, 3.05) is 6.54 Å². The highest BCUT2D eigenvalue weighted by atomic mass is 16.2. The Morgan fingerprint density at radius 1 is 1.42 bits per heavy atom. The molecule has 19 heavy (non-hydrogen) atoms. The van der Waals surface area contributed by atoms with Crippen molar-refractivity contribution in [3.8, 4) is 0 Å². The minimum absolute atomic E-state index is 0.0732. The molecular formula is C13H19N5O. The zero-order valence-corrected chi connectivity index (χ0v) is 11.3. The van der Waals surface area contributed by atoms with Crippen molar-refractivity contribution in [1.82, 2.24) is 24.9 Å². The summed E-state index contributed by atoms with van der Waals surface area (Å²) in [5.41, 5.74) is 1.76. The van der Waals surface area contributed by atoms with Gasteiger partial charge in [-0.1, -0.05) is 0 Å². The smallest absolute Gasteiger partial charge is 0.269 e. The van der Waals surface area contributed by atoms with E-state index in [-0.39, 0.29) is 5.91 Å². The van der Waals surface area contributed by atoms with Gasteiger partial charge in [0.2, 0.25) is 0 Å². The van der Waals surface area contributed by atoms with Gasteiger partial charge >= 0.3 is 0 Å². The van der Waals surface area contributed by atoms with Crippen LogP contribution in [0.2, 0.25) is 0 Å². The Balaban J connectivity index is 1.75. The van der Waals surface area contributed by atoms with E-state index in [4.69, 9.17) is 0 Å². The van der Waals surface area contributed by atoms with Gasteiger partial charge in [-0.05, 0) is 31.9 Å². The lowest BCUT2D eigenvalue weighted by Gasteiger charge is -2.06. The van der Waals surface area contributed by atoms with Crippen LogP contribution in [0, 0.1) is 6.92 Å². The van der Waals surface area contributed by atoms with E-state index in [0.29, 0.717) is 18.8 Å². The maximum absolute atomic E-state index is 11.9. The molecular weight excluding hydrogens is 242 g/mol. The number of aromatic nitrogens is 4. The van der Waals surface area contributed by atoms with E-state index < -0.39 is 0 Å². The first-order valence-corrected chi connectivity index (χ1v) is 6.49. The van der Waals surface area contributed by atoms with Crippen LogP contribution in [-0.2, 0) is 13.1 Å². The molecule has 0 saturated carbocycles. The van der Waals surface area contributed by atoms with Crippen molar-refractivity contribution in [3.63, 3.8) is 0 Å². The fourth-order valence-corrected chi connectivity index (χ4v) is 1.90. The van der Waals surface area contributed by atoms with E-state index >= 15 is 0 Å². The van der Waals surface area contributed by atoms with Gasteiger partial charge in [0, 0.05) is 32.0 Å². The summed E-state index contributed by atoms with van der Waals surface area (Å²) in [5.74, 6) is -0.0732. The van der Waals surface area contributed by atoms with Gasteiger partial charge in [-0.25, -0.2) is 0 Å². The van der Waals surface area contributed by atoms with Crippen LogP contribution in [0.3, 0.4) is 0 Å². The second-order valence-electron chi connectivity index (χ2n) is 4.42. The van der Waals surface area contributed by atoms with Crippen LogP contribution in [0.4, 0.5) is 0 Å². The number of nitrogens with zero attached hydrogens (tertiary/aromatic N) is 4. The molecule has 0 fully saturated rings. The Morgan fingerprint density at radius 2 is 2.26 bits per heavy atom. The van der Waals surface area contributed by atoms with Gasteiger partial charge in [0.1, 0.15) is 5.69 Å². The summed E-state index contributed by atoms with van der Waals surface area (Å²) in [6.07, 6.45) is 6.32. The molecule has 6 heteroatoms. The molecule has 0 spiro atoms. The van der Waals surface area contributed by atoms with Crippen LogP contribution in [0.25, 0.3) is 0 Å². The van der Waals surface area contributed by atoms with Crippen molar-refractivity contribution < 1.29 is 4.79 Å². The van der Waals surface area contributed by atoms with E-state index in [0.717, 1.165) is 18.5 Å². The van der Waals surface area contributed by atoms with E-state index in [1.807, 2.05) is 30.9 Å². The second kappa shape index (κ2) is 6.17. The Kier molecular flexibility index (Phi) is 4.33. The summed E-state index contributed by atoms with van der Waals surface area (Å²) < 4.78 is 3.57. The molecule has 102 valence electrons. The number of hydrogen-bond donors (Lipinski definition) is 1. The third kappa shape index (κ3) is 3.43. The molecule has 0 aromatic carbocycles. The first-order valence-electron chi connectivity index (χ1n) is 6.49. The molecule has 2 aromatic rings. The Labute approximate surface area is 112 Å². The zero-order valence-electron chi connectivity index (χ0n) is 11.3. The Bertz CT molecular complexity index is 543. The lowest BCUT2D eigenvalue weighted by atomic mass is 10.3. The SMILES string of the molecule is CCn1nccc1C(=O)NCCCn1cc(C)cn1. The van der Waals surface area contributed by atoms with Gasteiger partial charge in [0.15, 0.2) is 0 Å². The number of rotatable bonds is 6. The summed E-state index contributed by atoms with van der Waals surface area (Å²) in [7, 11) is 0. The summed E-state index contributed by atoms with van der Waals surface area (Å²) >= 11 is 0.